The monoisotopic (exact) mass is 264 g/mol. The van der Waals surface area contributed by atoms with Crippen LogP contribution in [-0.4, -0.2) is 60.4 Å². The first-order valence-corrected chi connectivity index (χ1v) is 7.03. The van der Waals surface area contributed by atoms with Gasteiger partial charge in [-0.25, -0.2) is 8.42 Å². The number of hydrogen-bond acceptors (Lipinski definition) is 5. The normalized spacial score (nSPS) is 24.2. The van der Waals surface area contributed by atoms with E-state index in [1.807, 2.05) is 0 Å². The Bertz CT molecular complexity index is 417. The molecule has 0 bridgehead atoms. The van der Waals surface area contributed by atoms with Crippen LogP contribution in [0.4, 0.5) is 0 Å². The van der Waals surface area contributed by atoms with Gasteiger partial charge in [0.25, 0.3) is 0 Å². The summed E-state index contributed by atoms with van der Waals surface area (Å²) in [6, 6.07) is -1.41. The molecule has 0 aromatic heterocycles. The lowest BCUT2D eigenvalue weighted by Gasteiger charge is -2.27. The average Bonchev–Trinajstić information content (AvgIpc) is 2.53. The highest BCUT2D eigenvalue weighted by Gasteiger charge is 2.36. The fraction of sp³-hybridized carbons (Fsp3) is 0.778. The van der Waals surface area contributed by atoms with Gasteiger partial charge in [0.15, 0.2) is 9.84 Å². The quantitative estimate of drug-likeness (QED) is 0.633. The molecule has 7 nitrogen and oxygen atoms in total. The van der Waals surface area contributed by atoms with E-state index < -0.39 is 40.3 Å². The van der Waals surface area contributed by atoms with Crippen molar-refractivity contribution in [1.82, 2.24) is 4.90 Å². The number of sulfone groups is 1. The lowest BCUT2D eigenvalue weighted by atomic mass is 10.2. The number of carboxylic acid groups (broad SMARTS) is 1. The van der Waals surface area contributed by atoms with Gasteiger partial charge in [0.1, 0.15) is 6.54 Å². The van der Waals surface area contributed by atoms with Crippen molar-refractivity contribution in [3.8, 4) is 0 Å². The third-order valence-electron chi connectivity index (χ3n) is 2.63. The second kappa shape index (κ2) is 5.01. The van der Waals surface area contributed by atoms with E-state index in [1.54, 1.807) is 0 Å². The Morgan fingerprint density at radius 2 is 2.12 bits per heavy atom. The van der Waals surface area contributed by atoms with Crippen molar-refractivity contribution in [2.45, 2.75) is 25.4 Å². The Morgan fingerprint density at radius 1 is 1.53 bits per heavy atom. The zero-order valence-corrected chi connectivity index (χ0v) is 10.3. The number of carboxylic acids is 1. The lowest BCUT2D eigenvalue weighted by molar-refractivity contribution is -0.146. The Balaban J connectivity index is 2.84. The zero-order chi connectivity index (χ0) is 13.2. The van der Waals surface area contributed by atoms with Crippen LogP contribution in [-0.2, 0) is 19.4 Å². The van der Waals surface area contributed by atoms with Crippen molar-refractivity contribution in [2.24, 2.45) is 5.73 Å². The molecule has 1 heterocycles. The first kappa shape index (κ1) is 13.9. The number of nitrogens with zero attached hydrogens (tertiary/aromatic N) is 1. The summed E-state index contributed by atoms with van der Waals surface area (Å²) < 4.78 is 22.6. The van der Waals surface area contributed by atoms with Crippen LogP contribution in [0.3, 0.4) is 0 Å². The van der Waals surface area contributed by atoms with Crippen molar-refractivity contribution in [3.05, 3.63) is 0 Å². The van der Waals surface area contributed by atoms with Gasteiger partial charge in [-0.15, -0.1) is 0 Å². The summed E-state index contributed by atoms with van der Waals surface area (Å²) in [5.41, 5.74) is 5.41. The van der Waals surface area contributed by atoms with Crippen molar-refractivity contribution in [3.63, 3.8) is 0 Å². The van der Waals surface area contributed by atoms with Crippen LogP contribution in [0.5, 0.6) is 0 Å². The van der Waals surface area contributed by atoms with Crippen LogP contribution in [0.15, 0.2) is 0 Å². The molecule has 17 heavy (non-hydrogen) atoms. The Morgan fingerprint density at radius 3 is 2.47 bits per heavy atom. The molecule has 1 aliphatic rings. The van der Waals surface area contributed by atoms with E-state index >= 15 is 0 Å². The van der Waals surface area contributed by atoms with Gasteiger partial charge in [0.05, 0.1) is 17.5 Å². The molecule has 0 saturated carbocycles. The molecule has 0 aliphatic carbocycles. The molecule has 1 amide bonds. The largest absolute Gasteiger partial charge is 0.480 e. The van der Waals surface area contributed by atoms with Gasteiger partial charge < -0.3 is 15.7 Å². The van der Waals surface area contributed by atoms with Gasteiger partial charge in [-0.2, -0.15) is 0 Å². The maximum absolute atomic E-state index is 11.7. The number of rotatable bonds is 4. The van der Waals surface area contributed by atoms with Crippen LogP contribution < -0.4 is 5.73 Å². The van der Waals surface area contributed by atoms with E-state index in [2.05, 4.69) is 0 Å². The molecule has 1 saturated heterocycles. The molecule has 1 unspecified atom stereocenters. The summed E-state index contributed by atoms with van der Waals surface area (Å²) in [5.74, 6) is -1.91. The van der Waals surface area contributed by atoms with Gasteiger partial charge >= 0.3 is 5.97 Å². The molecule has 0 aromatic rings. The maximum Gasteiger partial charge on any atom is 0.323 e. The molecule has 8 heteroatoms. The van der Waals surface area contributed by atoms with Crippen LogP contribution in [0.1, 0.15) is 13.3 Å². The Kier molecular flexibility index (Phi) is 4.10. The van der Waals surface area contributed by atoms with Crippen LogP contribution >= 0.6 is 0 Å². The minimum Gasteiger partial charge on any atom is -0.480 e. The molecule has 3 N–H and O–H groups in total. The number of amides is 1. The van der Waals surface area contributed by atoms with Gasteiger partial charge in [0.2, 0.25) is 5.91 Å². The van der Waals surface area contributed by atoms with Crippen LogP contribution in [0, 0.1) is 0 Å². The topological polar surface area (TPSA) is 118 Å². The highest BCUT2D eigenvalue weighted by atomic mass is 32.2. The molecule has 98 valence electrons. The molecular weight excluding hydrogens is 248 g/mol. The summed E-state index contributed by atoms with van der Waals surface area (Å²) in [5, 5.41) is 8.72. The first-order chi connectivity index (χ1) is 7.73. The van der Waals surface area contributed by atoms with E-state index in [0.717, 1.165) is 4.90 Å². The number of aliphatic carboxylic acids is 1. The Hall–Kier alpha value is -1.15. The number of nitrogens with two attached hydrogens (primary N) is 1. The lowest BCUT2D eigenvalue weighted by Crippen LogP contribution is -2.50. The second-order valence-corrected chi connectivity index (χ2v) is 6.43. The third kappa shape index (κ3) is 3.67. The van der Waals surface area contributed by atoms with Gasteiger partial charge in [-0.1, -0.05) is 0 Å². The summed E-state index contributed by atoms with van der Waals surface area (Å²) in [7, 11) is -3.16. The third-order valence-corrected chi connectivity index (χ3v) is 4.38. The fourth-order valence-electron chi connectivity index (χ4n) is 1.82. The van der Waals surface area contributed by atoms with Gasteiger partial charge in [-0.3, -0.25) is 9.59 Å². The number of carbonyl (C=O) groups is 2. The van der Waals surface area contributed by atoms with E-state index in [-0.39, 0.29) is 17.9 Å². The zero-order valence-electron chi connectivity index (χ0n) is 9.50. The number of hydrogen-bond donors (Lipinski definition) is 2. The van der Waals surface area contributed by atoms with E-state index in [0.29, 0.717) is 0 Å². The molecule has 1 fully saturated rings. The summed E-state index contributed by atoms with van der Waals surface area (Å²) in [6.07, 6.45) is 0.272. The Labute approximate surface area is 99.5 Å². The SMILES string of the molecule is C[C@H](N)C(=O)N(CC(=O)O)C1CCS(=O)(=O)C1. The summed E-state index contributed by atoms with van der Waals surface area (Å²) in [4.78, 5) is 23.4. The standard InChI is InChI=1S/C9H16N2O5S/c1-6(10)9(14)11(4-8(12)13)7-2-3-17(15,16)5-7/h6-7H,2-5,10H2,1H3,(H,12,13)/t6-,7?/m0/s1. The highest BCUT2D eigenvalue weighted by molar-refractivity contribution is 7.91. The second-order valence-electron chi connectivity index (χ2n) is 4.21. The smallest absolute Gasteiger partial charge is 0.323 e. The van der Waals surface area contributed by atoms with Crippen molar-refractivity contribution < 1.29 is 23.1 Å². The minimum atomic E-state index is -3.16. The van der Waals surface area contributed by atoms with E-state index in [1.165, 1.54) is 6.92 Å². The molecule has 0 radical (unpaired) electrons. The van der Waals surface area contributed by atoms with E-state index in [9.17, 15) is 18.0 Å². The maximum atomic E-state index is 11.7. The van der Waals surface area contributed by atoms with Crippen molar-refractivity contribution in [2.75, 3.05) is 18.1 Å². The minimum absolute atomic E-state index is 0.0139. The predicted molar refractivity (Wildman–Crippen MR) is 60.1 cm³/mol. The predicted octanol–water partition coefficient (Wildman–Crippen LogP) is -1.57. The molecule has 1 aliphatic heterocycles. The molecule has 1 rings (SSSR count). The summed E-state index contributed by atoms with van der Waals surface area (Å²) >= 11 is 0. The van der Waals surface area contributed by atoms with Crippen molar-refractivity contribution in [1.29, 1.82) is 0 Å². The molecule has 0 aromatic carbocycles. The summed E-state index contributed by atoms with van der Waals surface area (Å²) in [6.45, 7) is 0.932. The average molecular weight is 264 g/mol. The van der Waals surface area contributed by atoms with Gasteiger partial charge in [-0.05, 0) is 13.3 Å². The van der Waals surface area contributed by atoms with Crippen LogP contribution in [0.2, 0.25) is 0 Å². The van der Waals surface area contributed by atoms with Crippen molar-refractivity contribution >= 4 is 21.7 Å². The fourth-order valence-corrected chi connectivity index (χ4v) is 3.55. The number of carbonyl (C=O) groups excluding carboxylic acids is 1. The van der Waals surface area contributed by atoms with Crippen LogP contribution in [0.25, 0.3) is 0 Å². The molecule has 0 spiro atoms. The van der Waals surface area contributed by atoms with Gasteiger partial charge in [0, 0.05) is 6.04 Å². The first-order valence-electron chi connectivity index (χ1n) is 5.21. The highest BCUT2D eigenvalue weighted by Crippen LogP contribution is 2.18. The van der Waals surface area contributed by atoms with E-state index in [4.69, 9.17) is 10.8 Å². The molecule has 2 atom stereocenters. The molecular formula is C9H16N2O5S.